The molecule has 26 heavy (non-hydrogen) atoms. The van der Waals surface area contributed by atoms with Gasteiger partial charge in [-0.3, -0.25) is 9.48 Å². The third-order valence-corrected chi connectivity index (χ3v) is 6.86. The van der Waals surface area contributed by atoms with Gasteiger partial charge in [0.05, 0.1) is 10.6 Å². The molecule has 0 aliphatic rings. The molecular formula is C19H27N3O3S. The van der Waals surface area contributed by atoms with E-state index >= 15 is 0 Å². The number of amides is 1. The van der Waals surface area contributed by atoms with E-state index in [1.165, 1.54) is 26.0 Å². The fraction of sp³-hybridized carbons (Fsp3) is 0.474. The maximum atomic E-state index is 13.0. The first-order valence-electron chi connectivity index (χ1n) is 8.44. The van der Waals surface area contributed by atoms with Crippen molar-refractivity contribution in [3.05, 3.63) is 41.6 Å². The molecule has 0 unspecified atom stereocenters. The summed E-state index contributed by atoms with van der Waals surface area (Å²) in [6, 6.07) is 8.27. The van der Waals surface area contributed by atoms with E-state index in [2.05, 4.69) is 10.4 Å². The van der Waals surface area contributed by atoms with Crippen LogP contribution in [0.15, 0.2) is 35.2 Å². The van der Waals surface area contributed by atoms with Crippen LogP contribution in [0.5, 0.6) is 0 Å². The third-order valence-electron chi connectivity index (χ3n) is 4.44. The second-order valence-corrected chi connectivity index (χ2v) is 10.6. The van der Waals surface area contributed by atoms with E-state index in [0.29, 0.717) is 5.82 Å². The van der Waals surface area contributed by atoms with Crippen molar-refractivity contribution >= 4 is 21.6 Å². The van der Waals surface area contributed by atoms with Crippen LogP contribution in [0.2, 0.25) is 0 Å². The molecule has 7 heteroatoms. The van der Waals surface area contributed by atoms with Crippen LogP contribution >= 0.6 is 0 Å². The highest BCUT2D eigenvalue weighted by molar-refractivity contribution is 7.93. The number of aryl methyl sites for hydroxylation is 2. The summed E-state index contributed by atoms with van der Waals surface area (Å²) in [7, 11) is -2.14. The Morgan fingerprint density at radius 2 is 1.62 bits per heavy atom. The van der Waals surface area contributed by atoms with Crippen molar-refractivity contribution in [1.29, 1.82) is 0 Å². The molecule has 1 heterocycles. The highest BCUT2D eigenvalue weighted by atomic mass is 32.2. The number of hydrogen-bond acceptors (Lipinski definition) is 4. The van der Waals surface area contributed by atoms with Gasteiger partial charge in [0.1, 0.15) is 10.6 Å². The molecular weight excluding hydrogens is 350 g/mol. The number of aromatic nitrogens is 2. The van der Waals surface area contributed by atoms with Crippen molar-refractivity contribution in [1.82, 2.24) is 9.78 Å². The lowest BCUT2D eigenvalue weighted by Gasteiger charge is -2.24. The van der Waals surface area contributed by atoms with Gasteiger partial charge in [-0.05, 0) is 32.9 Å². The van der Waals surface area contributed by atoms with E-state index in [0.717, 1.165) is 11.3 Å². The van der Waals surface area contributed by atoms with Crippen LogP contribution in [-0.4, -0.2) is 28.9 Å². The van der Waals surface area contributed by atoms with Gasteiger partial charge in [-0.15, -0.1) is 0 Å². The smallest absolute Gasteiger partial charge is 0.246 e. The monoisotopic (exact) mass is 377 g/mol. The zero-order valence-electron chi connectivity index (χ0n) is 16.4. The predicted octanol–water partition coefficient (Wildman–Crippen LogP) is 3.22. The molecule has 142 valence electrons. The van der Waals surface area contributed by atoms with Crippen LogP contribution in [0, 0.1) is 6.92 Å². The van der Waals surface area contributed by atoms with E-state index in [1.807, 2.05) is 27.7 Å². The highest BCUT2D eigenvalue weighted by Crippen LogP contribution is 2.28. The normalized spacial score (nSPS) is 12.9. The first kappa shape index (κ1) is 20.2. The lowest BCUT2D eigenvalue weighted by molar-refractivity contribution is -0.117. The number of hydrogen-bond donors (Lipinski definition) is 1. The van der Waals surface area contributed by atoms with Crippen molar-refractivity contribution in [3.8, 4) is 0 Å². The van der Waals surface area contributed by atoms with Gasteiger partial charge in [-0.25, -0.2) is 8.42 Å². The highest BCUT2D eigenvalue weighted by Gasteiger charge is 2.43. The molecule has 1 amide bonds. The maximum absolute atomic E-state index is 13.0. The molecule has 2 rings (SSSR count). The third kappa shape index (κ3) is 3.67. The Hall–Kier alpha value is -2.15. The summed E-state index contributed by atoms with van der Waals surface area (Å²) >= 11 is 0. The molecule has 0 saturated heterocycles. The molecule has 0 spiro atoms. The van der Waals surface area contributed by atoms with Crippen molar-refractivity contribution in [2.24, 2.45) is 7.05 Å². The first-order chi connectivity index (χ1) is 11.8. The molecule has 0 aliphatic carbocycles. The average molecular weight is 378 g/mol. The van der Waals surface area contributed by atoms with E-state index in [4.69, 9.17) is 0 Å². The summed E-state index contributed by atoms with van der Waals surface area (Å²) in [5.41, 5.74) is 1.59. The quantitative estimate of drug-likeness (QED) is 0.887. The number of benzene rings is 1. The van der Waals surface area contributed by atoms with E-state index in [9.17, 15) is 13.2 Å². The Labute approximate surface area is 155 Å². The summed E-state index contributed by atoms with van der Waals surface area (Å²) in [5.74, 6) is -0.131. The number of carbonyl (C=O) groups excluding carboxylic acids is 1. The molecule has 0 radical (unpaired) electrons. The van der Waals surface area contributed by atoms with Gasteiger partial charge in [0.25, 0.3) is 0 Å². The molecule has 1 aromatic carbocycles. The van der Waals surface area contributed by atoms with Gasteiger partial charge >= 0.3 is 0 Å². The van der Waals surface area contributed by atoms with Crippen LogP contribution in [0.3, 0.4) is 0 Å². The second kappa shape index (κ2) is 6.54. The van der Waals surface area contributed by atoms with Crippen LogP contribution < -0.4 is 5.32 Å². The van der Waals surface area contributed by atoms with Gasteiger partial charge in [0.2, 0.25) is 5.91 Å². The molecule has 6 nitrogen and oxygen atoms in total. The van der Waals surface area contributed by atoms with E-state index in [-0.39, 0.29) is 10.3 Å². The lowest BCUT2D eigenvalue weighted by atomic mass is 9.92. The van der Waals surface area contributed by atoms with Crippen molar-refractivity contribution in [2.45, 2.75) is 56.6 Å². The Bertz CT molecular complexity index is 918. The average Bonchev–Trinajstić information content (AvgIpc) is 2.88. The van der Waals surface area contributed by atoms with Gasteiger partial charge in [-0.2, -0.15) is 5.10 Å². The number of carbonyl (C=O) groups is 1. The summed E-state index contributed by atoms with van der Waals surface area (Å²) in [6.45, 7) is 10.8. The van der Waals surface area contributed by atoms with Crippen molar-refractivity contribution in [3.63, 3.8) is 0 Å². The second-order valence-electron chi connectivity index (χ2n) is 8.07. The van der Waals surface area contributed by atoms with E-state index < -0.39 is 20.5 Å². The Balaban J connectivity index is 2.33. The Morgan fingerprint density at radius 3 is 2.08 bits per heavy atom. The van der Waals surface area contributed by atoms with Gasteiger partial charge in [-0.1, -0.05) is 38.5 Å². The molecule has 1 N–H and O–H groups in total. The zero-order valence-corrected chi connectivity index (χ0v) is 17.2. The standard InChI is InChI=1S/C19H27N3O3S/c1-13-8-10-14(11-9-13)26(24,25)19(5,6)17(23)20-16-12-15(18(2,3)4)21-22(16)7/h8-12H,1-7H3,(H,20,23). The summed E-state index contributed by atoms with van der Waals surface area (Å²) in [6.07, 6.45) is 0. The van der Waals surface area contributed by atoms with E-state index in [1.54, 1.807) is 29.9 Å². The largest absolute Gasteiger partial charge is 0.310 e. The van der Waals surface area contributed by atoms with Crippen LogP contribution in [0.1, 0.15) is 45.9 Å². The van der Waals surface area contributed by atoms with Gasteiger partial charge < -0.3 is 5.32 Å². The zero-order chi connectivity index (χ0) is 19.9. The number of sulfone groups is 1. The topological polar surface area (TPSA) is 81.1 Å². The number of rotatable bonds is 4. The number of anilines is 1. The number of nitrogens with zero attached hydrogens (tertiary/aromatic N) is 2. The van der Waals surface area contributed by atoms with Gasteiger partial charge in [0.15, 0.2) is 9.84 Å². The maximum Gasteiger partial charge on any atom is 0.246 e. The molecule has 0 bridgehead atoms. The Kier molecular flexibility index (Phi) is 5.07. The molecule has 2 aromatic rings. The van der Waals surface area contributed by atoms with Gasteiger partial charge in [0, 0.05) is 18.5 Å². The Morgan fingerprint density at radius 1 is 1.08 bits per heavy atom. The minimum atomic E-state index is -3.85. The fourth-order valence-electron chi connectivity index (χ4n) is 2.35. The lowest BCUT2D eigenvalue weighted by Crippen LogP contribution is -2.44. The fourth-order valence-corrected chi connectivity index (χ4v) is 3.73. The molecule has 0 atom stereocenters. The summed E-state index contributed by atoms with van der Waals surface area (Å²) < 4.78 is 25.8. The van der Waals surface area contributed by atoms with Crippen LogP contribution in [0.4, 0.5) is 5.82 Å². The van der Waals surface area contributed by atoms with Crippen LogP contribution in [0.25, 0.3) is 0 Å². The molecule has 0 saturated carbocycles. The molecule has 0 aliphatic heterocycles. The summed E-state index contributed by atoms with van der Waals surface area (Å²) in [5, 5.41) is 7.11. The first-order valence-corrected chi connectivity index (χ1v) is 9.92. The minimum absolute atomic E-state index is 0.128. The van der Waals surface area contributed by atoms with Crippen molar-refractivity contribution in [2.75, 3.05) is 5.32 Å². The van der Waals surface area contributed by atoms with Crippen molar-refractivity contribution < 1.29 is 13.2 Å². The molecule has 1 aromatic heterocycles. The molecule has 0 fully saturated rings. The number of nitrogens with one attached hydrogen (secondary N) is 1. The summed E-state index contributed by atoms with van der Waals surface area (Å²) in [4.78, 5) is 12.9. The van der Waals surface area contributed by atoms with Crippen LogP contribution in [-0.2, 0) is 27.1 Å². The predicted molar refractivity (Wildman–Crippen MR) is 103 cm³/mol. The minimum Gasteiger partial charge on any atom is -0.310 e. The SMILES string of the molecule is Cc1ccc(S(=O)(=O)C(C)(C)C(=O)Nc2cc(C(C)(C)C)nn2C)cc1.